The first-order chi connectivity index (χ1) is 8.15. The molecule has 0 saturated carbocycles. The highest BCUT2D eigenvalue weighted by atomic mass is 79.9. The minimum absolute atomic E-state index is 0.652. The summed E-state index contributed by atoms with van der Waals surface area (Å²) in [6, 6.07) is 0. The van der Waals surface area contributed by atoms with E-state index in [-0.39, 0.29) is 0 Å². The monoisotopic (exact) mass is 302 g/mol. The van der Waals surface area contributed by atoms with E-state index in [0.29, 0.717) is 5.69 Å². The van der Waals surface area contributed by atoms with Crippen LogP contribution >= 0.6 is 15.9 Å². The zero-order valence-electron chi connectivity index (χ0n) is 10.2. The summed E-state index contributed by atoms with van der Waals surface area (Å²) in [5.41, 5.74) is 7.38. The second-order valence-electron chi connectivity index (χ2n) is 3.81. The molecule has 0 unspecified atom stereocenters. The van der Waals surface area contributed by atoms with Crippen LogP contribution in [0.5, 0.6) is 0 Å². The van der Waals surface area contributed by atoms with Crippen LogP contribution in [0, 0.1) is 0 Å². The zero-order chi connectivity index (χ0) is 12.7. The smallest absolute Gasteiger partial charge is 0.0750 e. The summed E-state index contributed by atoms with van der Waals surface area (Å²) < 4.78 is 5.90. The minimum atomic E-state index is 0.652. The Morgan fingerprint density at radius 2 is 2.24 bits per heavy atom. The molecule has 0 aliphatic heterocycles. The highest BCUT2D eigenvalue weighted by Crippen LogP contribution is 2.26. The van der Waals surface area contributed by atoms with Crippen LogP contribution in [0.3, 0.4) is 0 Å². The van der Waals surface area contributed by atoms with Gasteiger partial charge in [0.25, 0.3) is 0 Å². The number of nitrogens with two attached hydrogens (primary N) is 1. The van der Waals surface area contributed by atoms with E-state index in [9.17, 15) is 0 Å². The third-order valence-corrected chi connectivity index (χ3v) is 3.00. The van der Waals surface area contributed by atoms with Crippen LogP contribution in [0.4, 0.5) is 11.4 Å². The van der Waals surface area contributed by atoms with Gasteiger partial charge in [0, 0.05) is 32.9 Å². The molecule has 17 heavy (non-hydrogen) atoms. The molecule has 96 valence electrons. The molecule has 0 saturated heterocycles. The molecule has 0 atom stereocenters. The number of pyridine rings is 1. The van der Waals surface area contributed by atoms with Crippen molar-refractivity contribution in [1.29, 1.82) is 0 Å². The van der Waals surface area contributed by atoms with Gasteiger partial charge in [-0.3, -0.25) is 4.98 Å². The van der Waals surface area contributed by atoms with E-state index in [2.05, 4.69) is 38.2 Å². The predicted octanol–water partition coefficient (Wildman–Crippen LogP) is 1.42. The Morgan fingerprint density at radius 3 is 2.88 bits per heavy atom. The Kier molecular flexibility index (Phi) is 6.25. The quantitative estimate of drug-likeness (QED) is 0.797. The number of likely N-dealkylation sites (N-methyl/N-ethyl adjacent to an activating group) is 1. The highest BCUT2D eigenvalue weighted by Gasteiger charge is 2.04. The summed E-state index contributed by atoms with van der Waals surface area (Å²) >= 11 is 3.42. The molecule has 1 heterocycles. The van der Waals surface area contributed by atoms with E-state index in [4.69, 9.17) is 10.5 Å². The maximum atomic E-state index is 5.83. The Bertz CT molecular complexity index is 328. The topological polar surface area (TPSA) is 63.4 Å². The van der Waals surface area contributed by atoms with Crippen LogP contribution in [-0.4, -0.2) is 50.3 Å². The molecule has 0 aliphatic carbocycles. The van der Waals surface area contributed by atoms with Gasteiger partial charge in [-0.25, -0.2) is 0 Å². The molecule has 1 rings (SSSR count). The minimum Gasteiger partial charge on any atom is -0.396 e. The molecule has 5 nitrogen and oxygen atoms in total. The van der Waals surface area contributed by atoms with Crippen molar-refractivity contribution < 1.29 is 4.74 Å². The lowest BCUT2D eigenvalue weighted by Gasteiger charge is -2.17. The SMILES string of the molecule is COCCN(C)CCNc1c(N)cncc1Br. The first-order valence-corrected chi connectivity index (χ1v) is 6.24. The van der Waals surface area contributed by atoms with Gasteiger partial charge < -0.3 is 20.7 Å². The number of halogens is 1. The fourth-order valence-corrected chi connectivity index (χ4v) is 1.85. The van der Waals surface area contributed by atoms with Crippen LogP contribution in [0.25, 0.3) is 0 Å². The maximum Gasteiger partial charge on any atom is 0.0750 e. The van der Waals surface area contributed by atoms with Crippen LogP contribution in [0.15, 0.2) is 16.9 Å². The Balaban J connectivity index is 2.35. The predicted molar refractivity (Wildman–Crippen MR) is 74.2 cm³/mol. The number of aromatic nitrogens is 1. The number of rotatable bonds is 7. The molecule has 0 spiro atoms. The van der Waals surface area contributed by atoms with Crippen molar-refractivity contribution in [2.24, 2.45) is 0 Å². The maximum absolute atomic E-state index is 5.83. The molecule has 0 aliphatic rings. The number of nitrogens with zero attached hydrogens (tertiary/aromatic N) is 2. The number of hydrogen-bond acceptors (Lipinski definition) is 5. The van der Waals surface area contributed by atoms with Crippen LogP contribution < -0.4 is 11.1 Å². The first-order valence-electron chi connectivity index (χ1n) is 5.45. The molecule has 1 aromatic heterocycles. The fourth-order valence-electron chi connectivity index (χ4n) is 1.37. The largest absolute Gasteiger partial charge is 0.396 e. The molecular formula is C11H19BrN4O. The van der Waals surface area contributed by atoms with E-state index in [0.717, 1.165) is 36.4 Å². The Morgan fingerprint density at radius 1 is 1.47 bits per heavy atom. The van der Waals surface area contributed by atoms with Crippen molar-refractivity contribution in [3.05, 3.63) is 16.9 Å². The van der Waals surface area contributed by atoms with Crippen molar-refractivity contribution in [3.8, 4) is 0 Å². The molecule has 0 fully saturated rings. The van der Waals surface area contributed by atoms with Crippen molar-refractivity contribution >= 4 is 27.3 Å². The zero-order valence-corrected chi connectivity index (χ0v) is 11.8. The Hall–Kier alpha value is -0.850. The van der Waals surface area contributed by atoms with E-state index >= 15 is 0 Å². The fraction of sp³-hybridized carbons (Fsp3) is 0.545. The van der Waals surface area contributed by atoms with Gasteiger partial charge in [0.2, 0.25) is 0 Å². The molecular weight excluding hydrogens is 284 g/mol. The molecule has 0 radical (unpaired) electrons. The summed E-state index contributed by atoms with van der Waals surface area (Å²) in [6.07, 6.45) is 3.37. The summed E-state index contributed by atoms with van der Waals surface area (Å²) in [7, 11) is 3.77. The third kappa shape index (κ3) is 4.89. The number of hydrogen-bond donors (Lipinski definition) is 2. The number of nitrogens with one attached hydrogen (secondary N) is 1. The average molecular weight is 303 g/mol. The second kappa shape index (κ2) is 7.47. The molecule has 0 bridgehead atoms. The standard InChI is InChI=1S/C11H19BrN4O/c1-16(5-6-17-2)4-3-15-11-9(12)7-14-8-10(11)13/h7-8H,3-6,13H2,1-2H3,(H,14,15). The van der Waals surface area contributed by atoms with Crippen molar-refractivity contribution in [3.63, 3.8) is 0 Å². The summed E-state index contributed by atoms with van der Waals surface area (Å²) in [5, 5.41) is 3.29. The lowest BCUT2D eigenvalue weighted by Crippen LogP contribution is -2.28. The van der Waals surface area contributed by atoms with Gasteiger partial charge in [0.1, 0.15) is 0 Å². The van der Waals surface area contributed by atoms with E-state index in [1.807, 2.05) is 0 Å². The number of anilines is 2. The molecule has 3 N–H and O–H groups in total. The van der Waals surface area contributed by atoms with Crippen molar-refractivity contribution in [1.82, 2.24) is 9.88 Å². The lowest BCUT2D eigenvalue weighted by atomic mass is 10.3. The van der Waals surface area contributed by atoms with Crippen LogP contribution in [0.2, 0.25) is 0 Å². The normalized spacial score (nSPS) is 10.8. The van der Waals surface area contributed by atoms with E-state index < -0.39 is 0 Å². The average Bonchev–Trinajstić information content (AvgIpc) is 2.30. The highest BCUT2D eigenvalue weighted by molar-refractivity contribution is 9.10. The van der Waals surface area contributed by atoms with Gasteiger partial charge >= 0.3 is 0 Å². The number of ether oxygens (including phenoxy) is 1. The first kappa shape index (κ1) is 14.2. The van der Waals surface area contributed by atoms with Crippen molar-refractivity contribution in [2.45, 2.75) is 0 Å². The van der Waals surface area contributed by atoms with Gasteiger partial charge in [-0.05, 0) is 23.0 Å². The molecule has 6 heteroatoms. The van der Waals surface area contributed by atoms with Crippen molar-refractivity contribution in [2.75, 3.05) is 51.4 Å². The summed E-state index contributed by atoms with van der Waals surface area (Å²) in [6.45, 7) is 3.42. The number of methoxy groups -OCH3 is 1. The second-order valence-corrected chi connectivity index (χ2v) is 4.66. The third-order valence-electron chi connectivity index (χ3n) is 2.40. The molecule has 1 aromatic rings. The van der Waals surface area contributed by atoms with Gasteiger partial charge in [-0.2, -0.15) is 0 Å². The number of nitrogen functional groups attached to an aromatic ring is 1. The Labute approximate surface area is 110 Å². The van der Waals surface area contributed by atoms with E-state index in [1.165, 1.54) is 0 Å². The van der Waals surface area contributed by atoms with Gasteiger partial charge in [0.15, 0.2) is 0 Å². The molecule has 0 amide bonds. The van der Waals surface area contributed by atoms with Gasteiger partial charge in [0.05, 0.1) is 28.7 Å². The summed E-state index contributed by atoms with van der Waals surface area (Å²) in [4.78, 5) is 6.19. The van der Waals surface area contributed by atoms with Crippen LogP contribution in [0.1, 0.15) is 0 Å². The van der Waals surface area contributed by atoms with Gasteiger partial charge in [-0.1, -0.05) is 0 Å². The van der Waals surface area contributed by atoms with Crippen LogP contribution in [-0.2, 0) is 4.74 Å². The molecule has 0 aromatic carbocycles. The van der Waals surface area contributed by atoms with Gasteiger partial charge in [-0.15, -0.1) is 0 Å². The summed E-state index contributed by atoms with van der Waals surface area (Å²) in [5.74, 6) is 0. The van der Waals surface area contributed by atoms with E-state index in [1.54, 1.807) is 19.5 Å². The lowest BCUT2D eigenvalue weighted by molar-refractivity contribution is 0.163.